The number of nitrogens with zero attached hydrogens (tertiary/aromatic N) is 3. The second-order valence-corrected chi connectivity index (χ2v) is 30.5. The highest BCUT2D eigenvalue weighted by molar-refractivity contribution is 4.80. The molecule has 8 aliphatic heterocycles. The summed E-state index contributed by atoms with van der Waals surface area (Å²) in [6.07, 6.45) is -6.48. The highest BCUT2D eigenvalue weighted by atomic mass is 16.8. The monoisotopic (exact) mass is 1470 g/mol. The van der Waals surface area contributed by atoms with Crippen molar-refractivity contribution >= 4 is 0 Å². The van der Waals surface area contributed by atoms with Crippen LogP contribution in [0.2, 0.25) is 0 Å². The first-order valence-electron chi connectivity index (χ1n) is 36.1. The van der Waals surface area contributed by atoms with Crippen molar-refractivity contribution < 1.29 is 142 Å². The maximum Gasteiger partial charge on any atom is 0.163 e. The number of ether oxygens (including phenoxy) is 30. The molecule has 0 aromatic rings. The second-order valence-electron chi connectivity index (χ2n) is 30.5. The molecular formula is C69H123N3O30. The van der Waals surface area contributed by atoms with Gasteiger partial charge in [0.15, 0.2) is 46.3 Å². The van der Waals surface area contributed by atoms with Gasteiger partial charge in [0, 0.05) is 4.91 Å². The average Bonchev–Trinajstić information content (AvgIpc) is 1.82. The van der Waals surface area contributed by atoms with E-state index < -0.39 is 89.0 Å². The van der Waals surface area contributed by atoms with E-state index in [4.69, 9.17) is 142 Å². The normalized spacial score (nSPS) is 30.2. The quantitative estimate of drug-likeness (QED) is 0.0422. The minimum atomic E-state index is -0.923. The third-order valence-corrected chi connectivity index (χ3v) is 16.7. The third-order valence-electron chi connectivity index (χ3n) is 16.7. The van der Waals surface area contributed by atoms with Crippen molar-refractivity contribution in [3.8, 4) is 0 Å². The fourth-order valence-electron chi connectivity index (χ4n) is 11.9. The first-order valence-corrected chi connectivity index (χ1v) is 36.1. The Morgan fingerprint density at radius 3 is 0.539 bits per heavy atom. The van der Waals surface area contributed by atoms with Crippen LogP contribution in [0.3, 0.4) is 0 Å². The van der Waals surface area contributed by atoms with Crippen LogP contribution < -0.4 is 0 Å². The Morgan fingerprint density at radius 2 is 0.402 bits per heavy atom. The topological polar surface area (TPSA) is 326 Å². The van der Waals surface area contributed by atoms with E-state index in [1.54, 1.807) is 0 Å². The maximum absolute atomic E-state index is 10.2. The van der Waals surface area contributed by atoms with Crippen LogP contribution in [0.25, 0.3) is 10.4 Å². The molecule has 594 valence electrons. The van der Waals surface area contributed by atoms with Crippen molar-refractivity contribution in [2.24, 2.45) is 5.11 Å². The Morgan fingerprint density at radius 1 is 0.255 bits per heavy atom. The van der Waals surface area contributed by atoms with Crippen molar-refractivity contribution in [2.45, 2.75) is 249 Å². The van der Waals surface area contributed by atoms with Gasteiger partial charge in [-0.3, -0.25) is 0 Å². The fourth-order valence-corrected chi connectivity index (χ4v) is 11.9. The van der Waals surface area contributed by atoms with Crippen LogP contribution in [0, 0.1) is 0 Å². The summed E-state index contributed by atoms with van der Waals surface area (Å²) in [5.41, 5.74) is 10.2. The van der Waals surface area contributed by atoms with Gasteiger partial charge in [-0.15, -0.1) is 0 Å². The molecule has 8 unspecified atom stereocenters. The number of hydrogen-bond donors (Lipinski definition) is 0. The van der Waals surface area contributed by atoms with E-state index in [1.807, 2.05) is 111 Å². The van der Waals surface area contributed by atoms with Gasteiger partial charge in [0.1, 0.15) is 85.5 Å². The molecule has 0 saturated carbocycles. The van der Waals surface area contributed by atoms with Crippen molar-refractivity contribution in [3.05, 3.63) is 10.4 Å². The molecule has 33 heteroatoms. The first-order chi connectivity index (χ1) is 48.2. The van der Waals surface area contributed by atoms with Gasteiger partial charge in [-0.1, -0.05) is 5.11 Å². The van der Waals surface area contributed by atoms with Crippen molar-refractivity contribution in [2.75, 3.05) is 198 Å². The highest BCUT2D eigenvalue weighted by Crippen LogP contribution is 2.29. The van der Waals surface area contributed by atoms with Crippen LogP contribution in [0.4, 0.5) is 0 Å². The van der Waals surface area contributed by atoms with Crippen LogP contribution in [0.5, 0.6) is 0 Å². The predicted octanol–water partition coefficient (Wildman–Crippen LogP) is 5.32. The zero-order valence-electron chi connectivity index (χ0n) is 63.5. The lowest BCUT2D eigenvalue weighted by Gasteiger charge is -2.28. The molecule has 0 radical (unpaired) electrons. The van der Waals surface area contributed by atoms with Gasteiger partial charge < -0.3 is 142 Å². The zero-order chi connectivity index (χ0) is 73.5. The SMILES string of the molecule is CC1(C)OCC(COCC(COCC2COC(C)(C)O2)OCC(COC(COCC2COC(C)(C)O2)COCC2COC(C)(C)O2)OCC(COC(COC(COCC2COC(C)(C)O2)COCC2COC(C)(C)O2)COC(COCC2COC(C)(C)O2)COCC2COC(C)(C)O2)N=[N+]=[N-])O1. The van der Waals surface area contributed by atoms with E-state index in [0.29, 0.717) is 52.9 Å². The van der Waals surface area contributed by atoms with Crippen LogP contribution in [-0.4, -0.2) is 336 Å². The Balaban J connectivity index is 0.982. The zero-order valence-corrected chi connectivity index (χ0v) is 63.5. The summed E-state index contributed by atoms with van der Waals surface area (Å²) in [5, 5.41) is 4.19. The van der Waals surface area contributed by atoms with E-state index in [1.165, 1.54) is 0 Å². The lowest BCUT2D eigenvalue weighted by molar-refractivity contribution is -0.162. The molecule has 0 aromatic carbocycles. The summed E-state index contributed by atoms with van der Waals surface area (Å²) in [4.78, 5) is 3.25. The van der Waals surface area contributed by atoms with Crippen LogP contribution in [0.1, 0.15) is 111 Å². The fraction of sp³-hybridized carbons (Fsp3) is 1.00. The second kappa shape index (κ2) is 40.7. The summed E-state index contributed by atoms with van der Waals surface area (Å²) in [5.74, 6) is -5.94. The maximum atomic E-state index is 10.2. The molecule has 8 atom stereocenters. The molecule has 8 heterocycles. The van der Waals surface area contributed by atoms with Gasteiger partial charge in [0.2, 0.25) is 0 Å². The van der Waals surface area contributed by atoms with Gasteiger partial charge >= 0.3 is 0 Å². The third kappa shape index (κ3) is 33.1. The molecule has 8 aliphatic rings. The number of rotatable bonds is 51. The molecule has 0 N–H and O–H groups in total. The molecule has 8 rings (SSSR count). The Labute approximate surface area is 602 Å². The minimum Gasteiger partial charge on any atom is -0.376 e. The van der Waals surface area contributed by atoms with Crippen molar-refractivity contribution in [1.29, 1.82) is 0 Å². The van der Waals surface area contributed by atoms with E-state index in [0.717, 1.165) is 0 Å². The molecule has 0 amide bonds. The summed E-state index contributed by atoms with van der Waals surface area (Å²) < 4.78 is 185. The first kappa shape index (κ1) is 85.7. The summed E-state index contributed by atoms with van der Waals surface area (Å²) in [6.45, 7) is 35.0. The standard InChI is InChI=1S/C69H123N3O30/c1-62(2)87-39-54(95-62)27-73-19-48(20-74-28-55-40-88-63(3,4)96-55)83-35-52(36-84-49(21-75-29-56-41-89-64(5,6)97-56)22-76-30-57-42-90-65(7,8)98-57)81-17-47(71-72-70)18-82-53(37-85-50(23-77-31-58-43-91-66(9,10)99-58)24-78-32-59-44-92-67(11,12)100-59)38-86-51(25-79-33-60-45-93-68(13,14)101-60)26-80-34-61-46-94-69(15,16)102-61/h47-61H,17-46H2,1-16H3. The predicted molar refractivity (Wildman–Crippen MR) is 357 cm³/mol. The number of azide groups is 1. The molecule has 33 nitrogen and oxygen atoms in total. The van der Waals surface area contributed by atoms with E-state index in [9.17, 15) is 5.53 Å². The summed E-state index contributed by atoms with van der Waals surface area (Å²) in [7, 11) is 0. The van der Waals surface area contributed by atoms with Gasteiger partial charge in [-0.25, -0.2) is 0 Å². The molecule has 0 spiro atoms. The van der Waals surface area contributed by atoms with Crippen LogP contribution >= 0.6 is 0 Å². The smallest absolute Gasteiger partial charge is 0.163 e. The van der Waals surface area contributed by atoms with Gasteiger partial charge in [0.25, 0.3) is 0 Å². The molecule has 0 bridgehead atoms. The Kier molecular flexibility index (Phi) is 34.2. The molecule has 102 heavy (non-hydrogen) atoms. The van der Waals surface area contributed by atoms with Gasteiger partial charge in [-0.2, -0.15) is 0 Å². The Hall–Kier alpha value is -1.89. The average molecular weight is 1470 g/mol. The lowest BCUT2D eigenvalue weighted by Crippen LogP contribution is -2.39. The van der Waals surface area contributed by atoms with Gasteiger partial charge in [0.05, 0.1) is 204 Å². The largest absolute Gasteiger partial charge is 0.376 e. The van der Waals surface area contributed by atoms with Crippen molar-refractivity contribution in [3.63, 3.8) is 0 Å². The van der Waals surface area contributed by atoms with Crippen LogP contribution in [-0.2, 0) is 142 Å². The van der Waals surface area contributed by atoms with E-state index in [-0.39, 0.29) is 194 Å². The number of hydrogen-bond acceptors (Lipinski definition) is 31. The van der Waals surface area contributed by atoms with E-state index in [2.05, 4.69) is 10.0 Å². The summed E-state index contributed by atoms with van der Waals surface area (Å²) in [6, 6.07) is -0.923. The lowest BCUT2D eigenvalue weighted by atomic mass is 10.3. The Bertz CT molecular complexity index is 2000. The molecular weight excluding hydrogens is 1350 g/mol. The summed E-state index contributed by atoms with van der Waals surface area (Å²) >= 11 is 0. The van der Waals surface area contributed by atoms with E-state index >= 15 is 0 Å². The molecule has 8 saturated heterocycles. The molecule has 0 aromatic heterocycles. The molecule has 8 fully saturated rings. The highest BCUT2D eigenvalue weighted by Gasteiger charge is 2.40. The van der Waals surface area contributed by atoms with Gasteiger partial charge in [-0.05, 0) is 116 Å². The van der Waals surface area contributed by atoms with Crippen LogP contribution in [0.15, 0.2) is 5.11 Å². The van der Waals surface area contributed by atoms with Crippen molar-refractivity contribution in [1.82, 2.24) is 0 Å². The minimum absolute atomic E-state index is 0.0432. The molecule has 0 aliphatic carbocycles.